The third kappa shape index (κ3) is 2.79. The fraction of sp³-hybridized carbons (Fsp3) is 0.462. The maximum Gasteiger partial charge on any atom is 0.262 e. The van der Waals surface area contributed by atoms with Gasteiger partial charge in [0.1, 0.15) is 5.75 Å². The van der Waals surface area contributed by atoms with Gasteiger partial charge in [-0.1, -0.05) is 19.9 Å². The fourth-order valence-corrected chi connectivity index (χ4v) is 2.09. The number of rotatable bonds is 4. The van der Waals surface area contributed by atoms with Gasteiger partial charge in [-0.05, 0) is 17.7 Å². The van der Waals surface area contributed by atoms with Crippen molar-refractivity contribution in [1.82, 2.24) is 5.32 Å². The van der Waals surface area contributed by atoms with E-state index in [2.05, 4.69) is 37.1 Å². The molecule has 2 N–H and O–H groups in total. The van der Waals surface area contributed by atoms with Gasteiger partial charge in [-0.2, -0.15) is 12.6 Å². The van der Waals surface area contributed by atoms with E-state index in [0.717, 1.165) is 23.5 Å². The number of carbonyl (C=O) groups is 1. The van der Waals surface area contributed by atoms with Crippen LogP contribution in [0.2, 0.25) is 0 Å². The van der Waals surface area contributed by atoms with E-state index in [1.54, 1.807) is 0 Å². The highest BCUT2D eigenvalue weighted by molar-refractivity contribution is 7.80. The second-order valence-electron chi connectivity index (χ2n) is 5.02. The topological polar surface area (TPSA) is 50.4 Å². The molecule has 1 heterocycles. The molecular formula is C13H18N2O2S. The van der Waals surface area contributed by atoms with E-state index in [0.29, 0.717) is 5.88 Å². The summed E-state index contributed by atoms with van der Waals surface area (Å²) in [5.74, 6) is 1.27. The number of nitrogens with one attached hydrogen (secondary N) is 2. The lowest BCUT2D eigenvalue weighted by Crippen LogP contribution is -2.33. The van der Waals surface area contributed by atoms with Crippen LogP contribution in [0.25, 0.3) is 0 Å². The molecule has 0 saturated heterocycles. The first kappa shape index (κ1) is 13.2. The highest BCUT2D eigenvalue weighted by atomic mass is 32.1. The highest BCUT2D eigenvalue weighted by Crippen LogP contribution is 2.33. The molecule has 1 aromatic carbocycles. The molecule has 0 unspecified atom stereocenters. The zero-order valence-corrected chi connectivity index (χ0v) is 11.5. The molecule has 0 aromatic heterocycles. The van der Waals surface area contributed by atoms with Crippen LogP contribution in [0.3, 0.4) is 0 Å². The summed E-state index contributed by atoms with van der Waals surface area (Å²) < 4.78 is 5.34. The van der Waals surface area contributed by atoms with Crippen molar-refractivity contribution >= 4 is 24.2 Å². The summed E-state index contributed by atoms with van der Waals surface area (Å²) in [6.45, 7) is 5.22. The van der Waals surface area contributed by atoms with Crippen molar-refractivity contribution < 1.29 is 9.53 Å². The van der Waals surface area contributed by atoms with Crippen LogP contribution in [0.4, 0.5) is 5.69 Å². The molecular weight excluding hydrogens is 248 g/mol. The van der Waals surface area contributed by atoms with E-state index >= 15 is 0 Å². The van der Waals surface area contributed by atoms with E-state index in [-0.39, 0.29) is 17.9 Å². The summed E-state index contributed by atoms with van der Waals surface area (Å²) in [5.41, 5.74) is 1.88. The first-order valence-corrected chi connectivity index (χ1v) is 6.55. The first-order valence-electron chi connectivity index (χ1n) is 5.92. The Kier molecular flexibility index (Phi) is 3.82. The molecule has 18 heavy (non-hydrogen) atoms. The molecule has 1 aliphatic rings. The Labute approximate surface area is 113 Å². The Bertz CT molecular complexity index is 460. The predicted molar refractivity (Wildman–Crippen MR) is 75.4 cm³/mol. The van der Waals surface area contributed by atoms with E-state index in [9.17, 15) is 4.79 Å². The zero-order valence-electron chi connectivity index (χ0n) is 10.6. The van der Waals surface area contributed by atoms with Crippen LogP contribution in [0.5, 0.6) is 5.75 Å². The van der Waals surface area contributed by atoms with Gasteiger partial charge >= 0.3 is 0 Å². The third-order valence-corrected chi connectivity index (χ3v) is 3.30. The predicted octanol–water partition coefficient (Wildman–Crippen LogP) is 1.77. The van der Waals surface area contributed by atoms with Gasteiger partial charge in [0.15, 0.2) is 6.61 Å². The molecule has 4 nitrogen and oxygen atoms in total. The number of thiol groups is 1. The molecule has 98 valence electrons. The van der Waals surface area contributed by atoms with E-state index in [1.807, 2.05) is 18.2 Å². The molecule has 5 heteroatoms. The highest BCUT2D eigenvalue weighted by Gasteiger charge is 2.23. The average molecular weight is 266 g/mol. The van der Waals surface area contributed by atoms with Crippen LogP contribution in [0, 0.1) is 0 Å². The number of benzene rings is 1. The second kappa shape index (κ2) is 5.20. The smallest absolute Gasteiger partial charge is 0.262 e. The van der Waals surface area contributed by atoms with Gasteiger partial charge in [0.05, 0.1) is 5.69 Å². The van der Waals surface area contributed by atoms with Crippen molar-refractivity contribution in [1.29, 1.82) is 0 Å². The first-order chi connectivity index (χ1) is 8.53. The average Bonchev–Trinajstić information content (AvgIpc) is 2.35. The van der Waals surface area contributed by atoms with E-state index in [1.165, 1.54) is 0 Å². The van der Waals surface area contributed by atoms with E-state index in [4.69, 9.17) is 4.74 Å². The zero-order chi connectivity index (χ0) is 13.2. The maximum atomic E-state index is 11.3. The lowest BCUT2D eigenvalue weighted by Gasteiger charge is -2.27. The van der Waals surface area contributed by atoms with Crippen molar-refractivity contribution in [2.24, 2.45) is 0 Å². The van der Waals surface area contributed by atoms with Crippen LogP contribution in [-0.2, 0) is 10.2 Å². The molecule has 0 radical (unpaired) electrons. The van der Waals surface area contributed by atoms with Gasteiger partial charge in [0, 0.05) is 17.8 Å². The van der Waals surface area contributed by atoms with Crippen LogP contribution in [0.1, 0.15) is 19.4 Å². The number of anilines is 1. The lowest BCUT2D eigenvalue weighted by molar-refractivity contribution is -0.118. The summed E-state index contributed by atoms with van der Waals surface area (Å²) in [7, 11) is 0. The Balaban J connectivity index is 2.24. The summed E-state index contributed by atoms with van der Waals surface area (Å²) in [6.07, 6.45) is 0. The molecule has 1 aromatic rings. The number of hydrogen-bond donors (Lipinski definition) is 3. The molecule has 0 spiro atoms. The summed E-state index contributed by atoms with van der Waals surface area (Å²) in [4.78, 5) is 11.3. The number of ether oxygens (including phenoxy) is 1. The van der Waals surface area contributed by atoms with Crippen molar-refractivity contribution in [2.45, 2.75) is 19.3 Å². The molecule has 1 aliphatic heterocycles. The second-order valence-corrected chi connectivity index (χ2v) is 5.33. The standard InChI is InChI=1S/C13H18N2O2S/c1-13(2,7-14-8-18)9-3-4-11-10(5-9)15-12(16)6-17-11/h3-5,14,18H,6-8H2,1-2H3,(H,15,16). The molecule has 0 saturated carbocycles. The van der Waals surface area contributed by atoms with Crippen LogP contribution < -0.4 is 15.4 Å². The Hall–Kier alpha value is -1.20. The number of fused-ring (bicyclic) bond motifs is 1. The normalized spacial score (nSPS) is 14.7. The number of amides is 1. The van der Waals surface area contributed by atoms with Crippen molar-refractivity contribution in [2.75, 3.05) is 24.3 Å². The minimum Gasteiger partial charge on any atom is -0.482 e. The Morgan fingerprint density at radius 3 is 3.00 bits per heavy atom. The number of hydrogen-bond acceptors (Lipinski definition) is 4. The quantitative estimate of drug-likeness (QED) is 0.575. The Morgan fingerprint density at radius 1 is 1.50 bits per heavy atom. The monoisotopic (exact) mass is 266 g/mol. The van der Waals surface area contributed by atoms with Crippen molar-refractivity contribution in [3.8, 4) is 5.75 Å². The van der Waals surface area contributed by atoms with Gasteiger partial charge in [-0.25, -0.2) is 0 Å². The van der Waals surface area contributed by atoms with Gasteiger partial charge in [0.25, 0.3) is 5.91 Å². The summed E-state index contributed by atoms with van der Waals surface area (Å²) in [6, 6.07) is 5.93. The fourth-order valence-electron chi connectivity index (χ4n) is 1.97. The largest absolute Gasteiger partial charge is 0.482 e. The van der Waals surface area contributed by atoms with Crippen molar-refractivity contribution in [3.05, 3.63) is 23.8 Å². The molecule has 0 aliphatic carbocycles. The van der Waals surface area contributed by atoms with Gasteiger partial charge in [-0.15, -0.1) is 0 Å². The minimum atomic E-state index is -0.106. The summed E-state index contributed by atoms with van der Waals surface area (Å²) >= 11 is 4.15. The molecule has 2 rings (SSSR count). The van der Waals surface area contributed by atoms with Crippen molar-refractivity contribution in [3.63, 3.8) is 0 Å². The third-order valence-electron chi connectivity index (χ3n) is 3.07. The van der Waals surface area contributed by atoms with Gasteiger partial charge in [-0.3, -0.25) is 4.79 Å². The van der Waals surface area contributed by atoms with Crippen LogP contribution in [0.15, 0.2) is 18.2 Å². The van der Waals surface area contributed by atoms with Gasteiger partial charge < -0.3 is 15.4 Å². The van der Waals surface area contributed by atoms with Crippen LogP contribution >= 0.6 is 12.6 Å². The number of carbonyl (C=O) groups excluding carboxylic acids is 1. The molecule has 1 amide bonds. The molecule has 0 bridgehead atoms. The molecule has 0 atom stereocenters. The maximum absolute atomic E-state index is 11.3. The minimum absolute atomic E-state index is 0.0278. The Morgan fingerprint density at radius 2 is 2.28 bits per heavy atom. The van der Waals surface area contributed by atoms with E-state index < -0.39 is 0 Å². The summed E-state index contributed by atoms with van der Waals surface area (Å²) in [5, 5.41) is 6.05. The lowest BCUT2D eigenvalue weighted by atomic mass is 9.84. The van der Waals surface area contributed by atoms with Crippen LogP contribution in [-0.4, -0.2) is 24.9 Å². The molecule has 0 fully saturated rings. The van der Waals surface area contributed by atoms with Gasteiger partial charge in [0.2, 0.25) is 0 Å². The SMILES string of the molecule is CC(C)(CNCS)c1ccc2c(c1)NC(=O)CO2.